The molecular formula is C11H14N2O7. The summed E-state index contributed by atoms with van der Waals surface area (Å²) in [6.45, 7) is 0.788. The highest BCUT2D eigenvalue weighted by Gasteiger charge is 2.44. The van der Waals surface area contributed by atoms with Crippen LogP contribution in [0.2, 0.25) is 0 Å². The van der Waals surface area contributed by atoms with Gasteiger partial charge in [-0.15, -0.1) is 0 Å². The lowest BCUT2D eigenvalue weighted by Gasteiger charge is -2.35. The maximum Gasteiger partial charge on any atom is 0.330 e. The highest BCUT2D eigenvalue weighted by molar-refractivity contribution is 5.87. The monoisotopic (exact) mass is 286 g/mol. The molecule has 9 nitrogen and oxygen atoms in total. The normalized spacial score (nSPS) is 30.5. The van der Waals surface area contributed by atoms with Gasteiger partial charge in [-0.25, -0.2) is 4.79 Å². The largest absolute Gasteiger partial charge is 0.394 e. The number of rotatable bonds is 2. The quantitative estimate of drug-likeness (QED) is 0.454. The van der Waals surface area contributed by atoms with Gasteiger partial charge in [-0.2, -0.15) is 0 Å². The summed E-state index contributed by atoms with van der Waals surface area (Å²) in [5.74, 6) is -0.934. The van der Waals surface area contributed by atoms with Gasteiger partial charge in [0.25, 0.3) is 5.56 Å². The lowest BCUT2D eigenvalue weighted by molar-refractivity contribution is -0.201. The molecule has 1 saturated heterocycles. The number of aromatic amines is 1. The lowest BCUT2D eigenvalue weighted by atomic mass is 10.00. The van der Waals surface area contributed by atoms with E-state index in [1.807, 2.05) is 4.98 Å². The summed E-state index contributed by atoms with van der Waals surface area (Å²) in [5, 5.41) is 28.2. The Labute approximate surface area is 112 Å². The standard InChI is InChI=1S/C11H14N2O7/c1-4-2-13(11(19)12-9(4)18)10-8(17)7(16)6(15)5(3-14)20-10/h2,5-7,10,14-16H,3H2,1H3,(H,12,18,19)/t5-,6-,7+,10-/m1/s1. The van der Waals surface area contributed by atoms with Gasteiger partial charge in [-0.3, -0.25) is 19.1 Å². The second kappa shape index (κ2) is 5.29. The zero-order valence-corrected chi connectivity index (χ0v) is 10.5. The minimum absolute atomic E-state index is 0.169. The van der Waals surface area contributed by atoms with Crippen molar-refractivity contribution in [3.05, 3.63) is 32.6 Å². The van der Waals surface area contributed by atoms with Crippen LogP contribution in [0.1, 0.15) is 11.8 Å². The van der Waals surface area contributed by atoms with Crippen molar-refractivity contribution < 1.29 is 24.9 Å². The van der Waals surface area contributed by atoms with E-state index in [-0.39, 0.29) is 5.56 Å². The number of aliphatic hydroxyl groups excluding tert-OH is 3. The Balaban J connectivity index is 2.46. The maximum atomic E-state index is 11.9. The lowest BCUT2D eigenvalue weighted by Crippen LogP contribution is -2.55. The van der Waals surface area contributed by atoms with E-state index in [0.717, 1.165) is 10.8 Å². The van der Waals surface area contributed by atoms with Crippen LogP contribution in [0.3, 0.4) is 0 Å². The van der Waals surface area contributed by atoms with Crippen LogP contribution in [0.5, 0.6) is 0 Å². The van der Waals surface area contributed by atoms with Crippen LogP contribution in [0, 0.1) is 6.92 Å². The van der Waals surface area contributed by atoms with Crippen molar-refractivity contribution in [1.29, 1.82) is 0 Å². The fourth-order valence-corrected chi connectivity index (χ4v) is 1.94. The average molecular weight is 286 g/mol. The molecule has 2 heterocycles. The van der Waals surface area contributed by atoms with Crippen molar-refractivity contribution in [2.75, 3.05) is 6.61 Å². The van der Waals surface area contributed by atoms with Gasteiger partial charge in [0.1, 0.15) is 18.3 Å². The number of aryl methyl sites for hydroxylation is 1. The third-order valence-corrected chi connectivity index (χ3v) is 3.12. The van der Waals surface area contributed by atoms with Crippen molar-refractivity contribution in [3.63, 3.8) is 0 Å². The zero-order valence-electron chi connectivity index (χ0n) is 10.5. The first kappa shape index (κ1) is 14.6. The molecule has 1 fully saturated rings. The first-order valence-corrected chi connectivity index (χ1v) is 5.85. The van der Waals surface area contributed by atoms with E-state index in [1.54, 1.807) is 0 Å². The van der Waals surface area contributed by atoms with Crippen LogP contribution >= 0.6 is 0 Å². The highest BCUT2D eigenvalue weighted by atomic mass is 16.5. The van der Waals surface area contributed by atoms with Gasteiger partial charge < -0.3 is 20.1 Å². The summed E-state index contributed by atoms with van der Waals surface area (Å²) in [6.07, 6.45) is -4.99. The molecule has 9 heteroatoms. The molecule has 0 aromatic carbocycles. The van der Waals surface area contributed by atoms with Crippen molar-refractivity contribution in [2.24, 2.45) is 0 Å². The summed E-state index contributed by atoms with van der Waals surface area (Å²) in [6, 6.07) is 0. The van der Waals surface area contributed by atoms with Gasteiger partial charge in [0.05, 0.1) is 6.61 Å². The van der Waals surface area contributed by atoms with Crippen LogP contribution < -0.4 is 11.2 Å². The third-order valence-electron chi connectivity index (χ3n) is 3.12. The van der Waals surface area contributed by atoms with Crippen LogP contribution in [-0.2, 0) is 9.53 Å². The Kier molecular flexibility index (Phi) is 3.86. The molecule has 0 aliphatic carbocycles. The van der Waals surface area contributed by atoms with Gasteiger partial charge >= 0.3 is 5.69 Å². The number of ether oxygens (including phenoxy) is 1. The van der Waals surface area contributed by atoms with E-state index in [2.05, 4.69) is 0 Å². The molecule has 1 aliphatic rings. The Bertz CT molecular complexity index is 634. The molecule has 2 rings (SSSR count). The van der Waals surface area contributed by atoms with Gasteiger partial charge in [-0.1, -0.05) is 0 Å². The van der Waals surface area contributed by atoms with E-state index in [4.69, 9.17) is 9.84 Å². The fourth-order valence-electron chi connectivity index (χ4n) is 1.94. The van der Waals surface area contributed by atoms with Crippen molar-refractivity contribution in [2.45, 2.75) is 31.5 Å². The SMILES string of the molecule is Cc1cn([C@@H]2O[C@H](CO)[C@@H](O)[C@H](O)C2=O)c(=O)[nH]c1=O. The Morgan fingerprint density at radius 2 is 2.00 bits per heavy atom. The fraction of sp³-hybridized carbons (Fsp3) is 0.545. The number of carbonyl (C=O) groups excluding carboxylic acids is 1. The molecule has 0 unspecified atom stereocenters. The molecule has 0 saturated carbocycles. The Hall–Kier alpha value is -1.81. The molecule has 20 heavy (non-hydrogen) atoms. The van der Waals surface area contributed by atoms with Crippen LogP contribution in [0.25, 0.3) is 0 Å². The number of nitrogens with zero attached hydrogens (tertiary/aromatic N) is 1. The van der Waals surface area contributed by atoms with Crippen LogP contribution in [0.4, 0.5) is 0 Å². The number of hydrogen-bond donors (Lipinski definition) is 4. The predicted octanol–water partition coefficient (Wildman–Crippen LogP) is -2.97. The van der Waals surface area contributed by atoms with Crippen molar-refractivity contribution in [1.82, 2.24) is 9.55 Å². The number of aliphatic hydroxyl groups is 3. The van der Waals surface area contributed by atoms with Crippen LogP contribution in [-0.4, -0.2) is 55.6 Å². The molecular weight excluding hydrogens is 272 g/mol. The molecule has 4 atom stereocenters. The summed E-state index contributed by atoms with van der Waals surface area (Å²) in [4.78, 5) is 36.8. The van der Waals surface area contributed by atoms with Crippen molar-refractivity contribution in [3.8, 4) is 0 Å². The molecule has 110 valence electrons. The second-order valence-corrected chi connectivity index (χ2v) is 4.53. The Morgan fingerprint density at radius 1 is 1.35 bits per heavy atom. The van der Waals surface area contributed by atoms with E-state index < -0.39 is 48.2 Å². The van der Waals surface area contributed by atoms with Gasteiger partial charge in [0.2, 0.25) is 12.0 Å². The number of H-pyrrole nitrogens is 1. The average Bonchev–Trinajstić information content (AvgIpc) is 2.41. The number of nitrogens with one attached hydrogen (secondary N) is 1. The van der Waals surface area contributed by atoms with E-state index in [0.29, 0.717) is 0 Å². The summed E-state index contributed by atoms with van der Waals surface area (Å²) in [7, 11) is 0. The first-order valence-electron chi connectivity index (χ1n) is 5.85. The van der Waals surface area contributed by atoms with E-state index >= 15 is 0 Å². The van der Waals surface area contributed by atoms with Gasteiger partial charge in [0, 0.05) is 11.8 Å². The maximum absolute atomic E-state index is 11.9. The predicted molar refractivity (Wildman–Crippen MR) is 64.1 cm³/mol. The number of aromatic nitrogens is 2. The van der Waals surface area contributed by atoms with Crippen LogP contribution in [0.15, 0.2) is 15.8 Å². The van der Waals surface area contributed by atoms with Gasteiger partial charge in [0.15, 0.2) is 0 Å². The number of hydrogen-bond acceptors (Lipinski definition) is 7. The summed E-state index contributed by atoms with van der Waals surface area (Å²) < 4.78 is 5.93. The molecule has 1 aromatic rings. The summed E-state index contributed by atoms with van der Waals surface area (Å²) >= 11 is 0. The Morgan fingerprint density at radius 3 is 2.60 bits per heavy atom. The minimum atomic E-state index is -1.79. The minimum Gasteiger partial charge on any atom is -0.394 e. The highest BCUT2D eigenvalue weighted by Crippen LogP contribution is 2.23. The third kappa shape index (κ3) is 2.31. The topological polar surface area (TPSA) is 142 Å². The summed E-state index contributed by atoms with van der Waals surface area (Å²) in [5.41, 5.74) is -1.32. The molecule has 1 aliphatic heterocycles. The van der Waals surface area contributed by atoms with E-state index in [9.17, 15) is 24.6 Å². The zero-order chi connectivity index (χ0) is 15.0. The van der Waals surface area contributed by atoms with Gasteiger partial charge in [-0.05, 0) is 6.92 Å². The molecule has 0 amide bonds. The smallest absolute Gasteiger partial charge is 0.330 e. The van der Waals surface area contributed by atoms with E-state index in [1.165, 1.54) is 6.92 Å². The molecule has 0 radical (unpaired) electrons. The number of carbonyl (C=O) groups is 1. The number of Topliss-reactive ketones (excluding diaryl/α,β-unsaturated/α-hetero) is 1. The molecule has 0 spiro atoms. The molecule has 4 N–H and O–H groups in total. The molecule has 0 bridgehead atoms. The number of ketones is 1. The second-order valence-electron chi connectivity index (χ2n) is 4.53. The van der Waals surface area contributed by atoms with Crippen molar-refractivity contribution >= 4 is 5.78 Å². The molecule has 1 aromatic heterocycles. The first-order chi connectivity index (χ1) is 9.36.